The molecule has 0 aromatic carbocycles. The Morgan fingerprint density at radius 3 is 2.95 bits per heavy atom. The van der Waals surface area contributed by atoms with E-state index in [0.717, 1.165) is 4.47 Å². The second-order valence-electron chi connectivity index (χ2n) is 3.94. The summed E-state index contributed by atoms with van der Waals surface area (Å²) in [6.07, 6.45) is 9.71. The molecule has 1 atom stereocenters. The van der Waals surface area contributed by atoms with Crippen molar-refractivity contribution in [1.82, 2.24) is 19.9 Å². The van der Waals surface area contributed by atoms with E-state index >= 15 is 0 Å². The maximum absolute atomic E-state index is 12.1. The molecule has 0 radical (unpaired) electrons. The summed E-state index contributed by atoms with van der Waals surface area (Å²) < 4.78 is 2.17. The molecular weight excluding hydrogens is 326 g/mol. The third kappa shape index (κ3) is 2.78. The van der Waals surface area contributed by atoms with Crippen LogP contribution in [0.5, 0.6) is 0 Å². The van der Waals surface area contributed by atoms with Gasteiger partial charge in [-0.3, -0.25) is 9.59 Å². The number of carbonyl (C=O) groups is 2. The Hall–Kier alpha value is -2.40. The molecule has 7 nitrogen and oxygen atoms in total. The number of hydrogen-bond donors (Lipinski definition) is 2. The molecule has 20 heavy (non-hydrogen) atoms. The number of hydrogen-bond acceptors (Lipinski definition) is 4. The predicted octanol–water partition coefficient (Wildman–Crippen LogP) is 0.0988. The standard InChI is InChI=1S/C12H10BrN5O2/c1-2-3-9(10(14)19)17-12(20)8-5-16-18-6-7(13)4-15-11(8)18/h1,4-6,9H,3H2,(H2,14,19)(H,17,20)/t9-/m1/s1. The van der Waals surface area contributed by atoms with E-state index in [4.69, 9.17) is 12.2 Å². The van der Waals surface area contributed by atoms with E-state index in [0.29, 0.717) is 5.65 Å². The molecule has 2 amide bonds. The Morgan fingerprint density at radius 1 is 1.55 bits per heavy atom. The molecule has 2 rings (SSSR count). The molecule has 0 saturated heterocycles. The van der Waals surface area contributed by atoms with Crippen LogP contribution in [0.4, 0.5) is 0 Å². The molecule has 0 aliphatic carbocycles. The molecule has 102 valence electrons. The maximum atomic E-state index is 12.1. The molecule has 2 heterocycles. The van der Waals surface area contributed by atoms with Gasteiger partial charge < -0.3 is 11.1 Å². The van der Waals surface area contributed by atoms with Crippen LogP contribution in [0, 0.1) is 12.3 Å². The number of halogens is 1. The number of nitrogens with one attached hydrogen (secondary N) is 1. The second-order valence-corrected chi connectivity index (χ2v) is 4.85. The van der Waals surface area contributed by atoms with Crippen LogP contribution in [0.1, 0.15) is 16.8 Å². The second kappa shape index (κ2) is 5.71. The quantitative estimate of drug-likeness (QED) is 0.773. The minimum atomic E-state index is -0.919. The Bertz CT molecular complexity index is 718. The number of amides is 2. The summed E-state index contributed by atoms with van der Waals surface area (Å²) >= 11 is 3.25. The number of rotatable bonds is 4. The highest BCUT2D eigenvalue weighted by Gasteiger charge is 2.20. The fourth-order valence-electron chi connectivity index (χ4n) is 1.59. The van der Waals surface area contributed by atoms with E-state index in [2.05, 4.69) is 37.2 Å². The van der Waals surface area contributed by atoms with Gasteiger partial charge in [0, 0.05) is 18.8 Å². The van der Waals surface area contributed by atoms with Crippen molar-refractivity contribution in [3.8, 4) is 12.3 Å². The molecule has 3 N–H and O–H groups in total. The number of nitrogens with two attached hydrogens (primary N) is 1. The maximum Gasteiger partial charge on any atom is 0.257 e. The van der Waals surface area contributed by atoms with Crippen molar-refractivity contribution in [2.24, 2.45) is 5.73 Å². The largest absolute Gasteiger partial charge is 0.368 e. The monoisotopic (exact) mass is 335 g/mol. The van der Waals surface area contributed by atoms with Crippen molar-refractivity contribution in [1.29, 1.82) is 0 Å². The summed E-state index contributed by atoms with van der Waals surface area (Å²) in [7, 11) is 0. The molecular formula is C12H10BrN5O2. The molecule has 8 heteroatoms. The molecule has 0 fully saturated rings. The first-order chi connectivity index (χ1) is 9.52. The fraction of sp³-hybridized carbons (Fsp3) is 0.167. The molecule has 2 aromatic rings. The number of nitrogens with zero attached hydrogens (tertiary/aromatic N) is 3. The number of primary amides is 1. The zero-order chi connectivity index (χ0) is 14.7. The van der Waals surface area contributed by atoms with Gasteiger partial charge in [-0.25, -0.2) is 9.50 Å². The van der Waals surface area contributed by atoms with Crippen molar-refractivity contribution in [3.05, 3.63) is 28.6 Å². The van der Waals surface area contributed by atoms with Gasteiger partial charge in [0.2, 0.25) is 5.91 Å². The van der Waals surface area contributed by atoms with Gasteiger partial charge in [-0.2, -0.15) is 5.10 Å². The smallest absolute Gasteiger partial charge is 0.257 e. The third-order valence-electron chi connectivity index (χ3n) is 2.54. The molecule has 0 aliphatic heterocycles. The van der Waals surface area contributed by atoms with Crippen molar-refractivity contribution in [2.75, 3.05) is 0 Å². The SMILES string of the molecule is C#CC[C@@H](NC(=O)c1cnn2cc(Br)cnc12)C(N)=O. The number of fused-ring (bicyclic) bond motifs is 1. The highest BCUT2D eigenvalue weighted by Crippen LogP contribution is 2.12. The van der Waals surface area contributed by atoms with Crippen LogP contribution in [0.2, 0.25) is 0 Å². The van der Waals surface area contributed by atoms with Crippen molar-refractivity contribution < 1.29 is 9.59 Å². The lowest BCUT2D eigenvalue weighted by molar-refractivity contribution is -0.119. The van der Waals surface area contributed by atoms with Crippen LogP contribution < -0.4 is 11.1 Å². The van der Waals surface area contributed by atoms with E-state index in [1.807, 2.05) is 0 Å². The van der Waals surface area contributed by atoms with Crippen LogP contribution >= 0.6 is 15.9 Å². The number of carbonyl (C=O) groups excluding carboxylic acids is 2. The molecule has 0 spiro atoms. The van der Waals surface area contributed by atoms with Gasteiger partial charge in [0.05, 0.1) is 10.7 Å². The lowest BCUT2D eigenvalue weighted by atomic mass is 10.2. The zero-order valence-corrected chi connectivity index (χ0v) is 11.8. The fourth-order valence-corrected chi connectivity index (χ4v) is 1.88. The van der Waals surface area contributed by atoms with Crippen LogP contribution in [0.25, 0.3) is 5.65 Å². The zero-order valence-electron chi connectivity index (χ0n) is 10.2. The lowest BCUT2D eigenvalue weighted by Crippen LogP contribution is -2.44. The summed E-state index contributed by atoms with van der Waals surface area (Å²) in [6.45, 7) is 0. The minimum absolute atomic E-state index is 0.0270. The van der Waals surface area contributed by atoms with Gasteiger partial charge >= 0.3 is 0 Å². The van der Waals surface area contributed by atoms with Gasteiger partial charge in [0.15, 0.2) is 5.65 Å². The minimum Gasteiger partial charge on any atom is -0.368 e. The number of aromatic nitrogens is 3. The summed E-state index contributed by atoms with van der Waals surface area (Å²) in [4.78, 5) is 27.4. The normalized spacial score (nSPS) is 11.8. The van der Waals surface area contributed by atoms with Crippen LogP contribution in [0.15, 0.2) is 23.1 Å². The Balaban J connectivity index is 2.28. The Morgan fingerprint density at radius 2 is 2.30 bits per heavy atom. The average Bonchev–Trinajstić information content (AvgIpc) is 2.80. The summed E-state index contributed by atoms with van der Waals surface area (Å²) in [5, 5.41) is 6.47. The first kappa shape index (κ1) is 14.0. The van der Waals surface area contributed by atoms with Crippen molar-refractivity contribution in [2.45, 2.75) is 12.5 Å². The molecule has 0 bridgehead atoms. The van der Waals surface area contributed by atoms with E-state index < -0.39 is 17.9 Å². The Kier molecular flexibility index (Phi) is 4.00. The summed E-state index contributed by atoms with van der Waals surface area (Å²) in [5.74, 6) is 1.09. The lowest BCUT2D eigenvalue weighted by Gasteiger charge is -2.11. The van der Waals surface area contributed by atoms with Crippen LogP contribution in [-0.2, 0) is 4.79 Å². The summed E-state index contributed by atoms with van der Waals surface area (Å²) in [6, 6.07) is -0.919. The summed E-state index contributed by atoms with van der Waals surface area (Å²) in [5.41, 5.74) is 5.77. The molecule has 0 saturated carbocycles. The van der Waals surface area contributed by atoms with Gasteiger partial charge in [-0.05, 0) is 15.9 Å². The first-order valence-electron chi connectivity index (χ1n) is 5.55. The van der Waals surface area contributed by atoms with E-state index in [1.165, 1.54) is 10.7 Å². The van der Waals surface area contributed by atoms with E-state index in [-0.39, 0.29) is 12.0 Å². The molecule has 0 aliphatic rings. The predicted molar refractivity (Wildman–Crippen MR) is 74.6 cm³/mol. The highest BCUT2D eigenvalue weighted by atomic mass is 79.9. The van der Waals surface area contributed by atoms with Gasteiger partial charge in [-0.1, -0.05) is 0 Å². The topological polar surface area (TPSA) is 102 Å². The average molecular weight is 336 g/mol. The van der Waals surface area contributed by atoms with Crippen molar-refractivity contribution >= 4 is 33.4 Å². The highest BCUT2D eigenvalue weighted by molar-refractivity contribution is 9.10. The van der Waals surface area contributed by atoms with Gasteiger partial charge in [-0.15, -0.1) is 12.3 Å². The van der Waals surface area contributed by atoms with Crippen LogP contribution in [0.3, 0.4) is 0 Å². The van der Waals surface area contributed by atoms with Crippen LogP contribution in [-0.4, -0.2) is 32.5 Å². The Labute approximate surface area is 122 Å². The van der Waals surface area contributed by atoms with E-state index in [9.17, 15) is 9.59 Å². The van der Waals surface area contributed by atoms with E-state index in [1.54, 1.807) is 12.4 Å². The van der Waals surface area contributed by atoms with Gasteiger partial charge in [0.1, 0.15) is 11.6 Å². The molecule has 0 unspecified atom stereocenters. The number of terminal acetylenes is 1. The van der Waals surface area contributed by atoms with Gasteiger partial charge in [0.25, 0.3) is 5.91 Å². The third-order valence-corrected chi connectivity index (χ3v) is 2.95. The first-order valence-corrected chi connectivity index (χ1v) is 6.34. The molecule has 2 aromatic heterocycles. The van der Waals surface area contributed by atoms with Crippen molar-refractivity contribution in [3.63, 3.8) is 0 Å².